The second kappa shape index (κ2) is 5.61. The molecule has 1 aliphatic rings. The van der Waals surface area contributed by atoms with E-state index in [2.05, 4.69) is 6.92 Å². The highest BCUT2D eigenvalue weighted by Gasteiger charge is 2.25. The lowest BCUT2D eigenvalue weighted by Gasteiger charge is -2.33. The highest BCUT2D eigenvalue weighted by Crippen LogP contribution is 2.21. The smallest absolute Gasteiger partial charge is 0.226 e. The van der Waals surface area contributed by atoms with E-state index in [1.165, 1.54) is 0 Å². The highest BCUT2D eigenvalue weighted by atomic mass is 32.2. The van der Waals surface area contributed by atoms with E-state index in [0.29, 0.717) is 11.8 Å². The molecule has 0 aromatic rings. The van der Waals surface area contributed by atoms with Gasteiger partial charge in [-0.3, -0.25) is 4.79 Å². The third-order valence-corrected chi connectivity index (χ3v) is 4.05. The van der Waals surface area contributed by atoms with Gasteiger partial charge in [0, 0.05) is 36.6 Å². The van der Waals surface area contributed by atoms with Gasteiger partial charge in [0.1, 0.15) is 0 Å². The Morgan fingerprint density at radius 1 is 1.71 bits per heavy atom. The molecule has 82 valence electrons. The normalized spacial score (nSPS) is 24.8. The summed E-state index contributed by atoms with van der Waals surface area (Å²) in [5.74, 6) is 1.28. The molecule has 0 spiro atoms. The summed E-state index contributed by atoms with van der Waals surface area (Å²) in [6.07, 6.45) is 1.14. The van der Waals surface area contributed by atoms with Crippen molar-refractivity contribution in [2.45, 2.75) is 25.5 Å². The first-order chi connectivity index (χ1) is 6.69. The lowest BCUT2D eigenvalue weighted by Crippen LogP contribution is -2.45. The maximum atomic E-state index is 11.8. The van der Waals surface area contributed by atoms with E-state index >= 15 is 0 Å². The van der Waals surface area contributed by atoms with E-state index in [1.54, 1.807) is 0 Å². The van der Waals surface area contributed by atoms with Gasteiger partial charge in [-0.25, -0.2) is 0 Å². The van der Waals surface area contributed by atoms with E-state index in [-0.39, 0.29) is 11.8 Å². The number of nitrogens with zero attached hydrogens (tertiary/aromatic N) is 1. The van der Waals surface area contributed by atoms with Gasteiger partial charge < -0.3 is 10.6 Å². The van der Waals surface area contributed by atoms with Crippen molar-refractivity contribution in [3.05, 3.63) is 0 Å². The molecule has 1 heterocycles. The SMILES string of the molecule is CCC1CN(C(=O)C(C)CN)CCS1. The topological polar surface area (TPSA) is 46.3 Å². The maximum Gasteiger partial charge on any atom is 0.226 e. The van der Waals surface area contributed by atoms with Crippen LogP contribution >= 0.6 is 11.8 Å². The fourth-order valence-electron chi connectivity index (χ4n) is 1.58. The minimum Gasteiger partial charge on any atom is -0.340 e. The summed E-state index contributed by atoms with van der Waals surface area (Å²) < 4.78 is 0. The maximum absolute atomic E-state index is 11.8. The van der Waals surface area contributed by atoms with Crippen molar-refractivity contribution < 1.29 is 4.79 Å². The first-order valence-electron chi connectivity index (χ1n) is 5.29. The minimum absolute atomic E-state index is 0.0180. The molecule has 4 heteroatoms. The van der Waals surface area contributed by atoms with E-state index in [1.807, 2.05) is 23.6 Å². The molecule has 1 rings (SSSR count). The van der Waals surface area contributed by atoms with Gasteiger partial charge in [-0.05, 0) is 6.42 Å². The van der Waals surface area contributed by atoms with Crippen LogP contribution < -0.4 is 5.73 Å². The molecule has 1 saturated heterocycles. The number of rotatable bonds is 3. The molecule has 0 radical (unpaired) electrons. The van der Waals surface area contributed by atoms with Gasteiger partial charge in [0.2, 0.25) is 5.91 Å². The molecule has 0 aromatic heterocycles. The molecule has 14 heavy (non-hydrogen) atoms. The van der Waals surface area contributed by atoms with Crippen LogP contribution in [0.25, 0.3) is 0 Å². The summed E-state index contributed by atoms with van der Waals surface area (Å²) in [6, 6.07) is 0. The second-order valence-electron chi connectivity index (χ2n) is 3.82. The van der Waals surface area contributed by atoms with E-state index < -0.39 is 0 Å². The van der Waals surface area contributed by atoms with Crippen LogP contribution in [0.5, 0.6) is 0 Å². The Balaban J connectivity index is 2.47. The van der Waals surface area contributed by atoms with E-state index in [0.717, 1.165) is 25.3 Å². The molecule has 2 atom stereocenters. The zero-order valence-electron chi connectivity index (χ0n) is 9.03. The van der Waals surface area contributed by atoms with Crippen LogP contribution in [0, 0.1) is 5.92 Å². The molecular weight excluding hydrogens is 196 g/mol. The summed E-state index contributed by atoms with van der Waals surface area (Å²) >= 11 is 1.98. The molecule has 0 bridgehead atoms. The van der Waals surface area contributed by atoms with Crippen LogP contribution in [0.1, 0.15) is 20.3 Å². The van der Waals surface area contributed by atoms with Crippen LogP contribution in [0.15, 0.2) is 0 Å². The number of thioether (sulfide) groups is 1. The first-order valence-corrected chi connectivity index (χ1v) is 6.34. The Morgan fingerprint density at radius 3 is 3.00 bits per heavy atom. The molecule has 2 unspecified atom stereocenters. The lowest BCUT2D eigenvalue weighted by molar-refractivity contribution is -0.134. The average Bonchev–Trinajstić information content (AvgIpc) is 2.27. The third kappa shape index (κ3) is 2.89. The Hall–Kier alpha value is -0.220. The molecule has 3 nitrogen and oxygen atoms in total. The van der Waals surface area contributed by atoms with Crippen LogP contribution in [0.2, 0.25) is 0 Å². The Bertz CT molecular complexity index is 199. The Labute approximate surface area is 90.4 Å². The van der Waals surface area contributed by atoms with Gasteiger partial charge in [0.15, 0.2) is 0 Å². The quantitative estimate of drug-likeness (QED) is 0.763. The molecule has 1 amide bonds. The summed E-state index contributed by atoms with van der Waals surface area (Å²) in [4.78, 5) is 13.8. The zero-order valence-corrected chi connectivity index (χ0v) is 9.85. The van der Waals surface area contributed by atoms with Gasteiger partial charge >= 0.3 is 0 Å². The second-order valence-corrected chi connectivity index (χ2v) is 5.23. The van der Waals surface area contributed by atoms with Crippen LogP contribution in [0.4, 0.5) is 0 Å². The van der Waals surface area contributed by atoms with Crippen LogP contribution in [0.3, 0.4) is 0 Å². The van der Waals surface area contributed by atoms with Gasteiger partial charge in [-0.15, -0.1) is 0 Å². The number of hydrogen-bond donors (Lipinski definition) is 1. The van der Waals surface area contributed by atoms with Crippen molar-refractivity contribution in [2.75, 3.05) is 25.4 Å². The zero-order chi connectivity index (χ0) is 10.6. The predicted octanol–water partition coefficient (Wildman–Crippen LogP) is 0.935. The minimum atomic E-state index is -0.0180. The van der Waals surface area contributed by atoms with E-state index in [9.17, 15) is 4.79 Å². The number of hydrogen-bond acceptors (Lipinski definition) is 3. The monoisotopic (exact) mass is 216 g/mol. The first kappa shape index (κ1) is 11.9. The fourth-order valence-corrected chi connectivity index (χ4v) is 2.76. The molecule has 1 fully saturated rings. The number of nitrogens with two attached hydrogens (primary N) is 1. The largest absolute Gasteiger partial charge is 0.340 e. The molecule has 0 aromatic carbocycles. The lowest BCUT2D eigenvalue weighted by atomic mass is 10.1. The number of carbonyl (C=O) groups excluding carboxylic acids is 1. The Kier molecular flexibility index (Phi) is 4.75. The van der Waals surface area contributed by atoms with Crippen molar-refractivity contribution in [1.29, 1.82) is 0 Å². The summed E-state index contributed by atoms with van der Waals surface area (Å²) in [5, 5.41) is 0.623. The number of carbonyl (C=O) groups is 1. The van der Waals surface area contributed by atoms with Crippen molar-refractivity contribution in [3.8, 4) is 0 Å². The summed E-state index contributed by atoms with van der Waals surface area (Å²) in [5.41, 5.74) is 5.49. The van der Waals surface area contributed by atoms with Crippen LogP contribution in [-0.4, -0.2) is 41.4 Å². The molecule has 2 N–H and O–H groups in total. The standard InChI is InChI=1S/C10H20N2OS/c1-3-9-7-12(4-5-14-9)10(13)8(2)6-11/h8-9H,3-7,11H2,1-2H3. The van der Waals surface area contributed by atoms with Crippen molar-refractivity contribution in [3.63, 3.8) is 0 Å². The third-order valence-electron chi connectivity index (χ3n) is 2.68. The van der Waals surface area contributed by atoms with Crippen LogP contribution in [-0.2, 0) is 4.79 Å². The van der Waals surface area contributed by atoms with E-state index in [4.69, 9.17) is 5.73 Å². The summed E-state index contributed by atoms with van der Waals surface area (Å²) in [7, 11) is 0. The fraction of sp³-hybridized carbons (Fsp3) is 0.900. The van der Waals surface area contributed by atoms with Crippen molar-refractivity contribution in [1.82, 2.24) is 4.90 Å². The van der Waals surface area contributed by atoms with Gasteiger partial charge in [-0.1, -0.05) is 13.8 Å². The van der Waals surface area contributed by atoms with Gasteiger partial charge in [0.25, 0.3) is 0 Å². The van der Waals surface area contributed by atoms with Crippen molar-refractivity contribution in [2.24, 2.45) is 11.7 Å². The Morgan fingerprint density at radius 2 is 2.43 bits per heavy atom. The van der Waals surface area contributed by atoms with Gasteiger partial charge in [-0.2, -0.15) is 11.8 Å². The average molecular weight is 216 g/mol. The summed E-state index contributed by atoms with van der Waals surface area (Å²) in [6.45, 7) is 6.34. The predicted molar refractivity (Wildman–Crippen MR) is 61.3 cm³/mol. The number of amides is 1. The molecular formula is C10H20N2OS. The molecule has 0 saturated carbocycles. The highest BCUT2D eigenvalue weighted by molar-refractivity contribution is 8.00. The van der Waals surface area contributed by atoms with Crippen molar-refractivity contribution >= 4 is 17.7 Å². The van der Waals surface area contributed by atoms with Gasteiger partial charge in [0.05, 0.1) is 0 Å². The molecule has 0 aliphatic carbocycles. The molecule has 1 aliphatic heterocycles.